The van der Waals surface area contributed by atoms with Crippen molar-refractivity contribution in [1.82, 2.24) is 5.32 Å². The van der Waals surface area contributed by atoms with Gasteiger partial charge in [-0.15, -0.1) is 0 Å². The summed E-state index contributed by atoms with van der Waals surface area (Å²) in [6, 6.07) is 7.18. The molecule has 1 aliphatic carbocycles. The maximum Gasteiger partial charge on any atom is 0.308 e. The fourth-order valence-corrected chi connectivity index (χ4v) is 2.69. The Bertz CT molecular complexity index is 442. The van der Waals surface area contributed by atoms with Crippen molar-refractivity contribution in [1.29, 1.82) is 0 Å². The lowest BCUT2D eigenvalue weighted by Crippen LogP contribution is -2.35. The fourth-order valence-electron chi connectivity index (χ4n) is 2.69. The van der Waals surface area contributed by atoms with Gasteiger partial charge in [-0.1, -0.05) is 18.2 Å². The predicted octanol–water partition coefficient (Wildman–Crippen LogP) is 3.04. The molecule has 1 aliphatic rings. The number of esters is 1. The van der Waals surface area contributed by atoms with Crippen molar-refractivity contribution < 1.29 is 13.9 Å². The average molecular weight is 279 g/mol. The molecule has 1 N–H and O–H groups in total. The second-order valence-corrected chi connectivity index (χ2v) is 5.27. The first-order valence-corrected chi connectivity index (χ1v) is 7.34. The van der Waals surface area contributed by atoms with Crippen LogP contribution in [0.3, 0.4) is 0 Å². The minimum Gasteiger partial charge on any atom is -0.466 e. The number of hydrogen-bond donors (Lipinski definition) is 1. The van der Waals surface area contributed by atoms with Crippen LogP contribution in [0.25, 0.3) is 0 Å². The Morgan fingerprint density at radius 2 is 2.00 bits per heavy atom. The van der Waals surface area contributed by atoms with E-state index in [1.807, 2.05) is 13.0 Å². The molecule has 0 bridgehead atoms. The molecule has 0 aromatic heterocycles. The van der Waals surface area contributed by atoms with Gasteiger partial charge in [0, 0.05) is 18.2 Å². The summed E-state index contributed by atoms with van der Waals surface area (Å²) in [7, 11) is 0. The van der Waals surface area contributed by atoms with Gasteiger partial charge in [0.1, 0.15) is 5.82 Å². The molecule has 1 saturated carbocycles. The van der Waals surface area contributed by atoms with Gasteiger partial charge in [0.2, 0.25) is 0 Å². The van der Waals surface area contributed by atoms with Crippen LogP contribution in [0.4, 0.5) is 4.39 Å². The zero-order chi connectivity index (χ0) is 14.4. The number of hydrogen-bond acceptors (Lipinski definition) is 3. The zero-order valence-corrected chi connectivity index (χ0v) is 11.9. The van der Waals surface area contributed by atoms with Crippen molar-refractivity contribution in [2.75, 3.05) is 6.61 Å². The first-order chi connectivity index (χ1) is 9.70. The third-order valence-electron chi connectivity index (χ3n) is 3.89. The molecule has 0 radical (unpaired) electrons. The van der Waals surface area contributed by atoms with E-state index < -0.39 is 0 Å². The van der Waals surface area contributed by atoms with Crippen LogP contribution in [0.1, 0.15) is 38.2 Å². The molecular weight excluding hydrogens is 257 g/mol. The molecule has 20 heavy (non-hydrogen) atoms. The molecule has 0 unspecified atom stereocenters. The minimum atomic E-state index is -0.166. The summed E-state index contributed by atoms with van der Waals surface area (Å²) in [5, 5.41) is 3.38. The van der Waals surface area contributed by atoms with Crippen LogP contribution in [0.2, 0.25) is 0 Å². The number of carbonyl (C=O) groups excluding carboxylic acids is 1. The van der Waals surface area contributed by atoms with Crippen molar-refractivity contribution in [3.63, 3.8) is 0 Å². The molecule has 0 spiro atoms. The van der Waals surface area contributed by atoms with Gasteiger partial charge in [-0.05, 0) is 38.7 Å². The van der Waals surface area contributed by atoms with Crippen LogP contribution in [0.5, 0.6) is 0 Å². The van der Waals surface area contributed by atoms with Crippen molar-refractivity contribution >= 4 is 5.97 Å². The van der Waals surface area contributed by atoms with E-state index in [1.165, 1.54) is 6.07 Å². The number of benzene rings is 1. The number of ether oxygens (including phenoxy) is 1. The molecule has 4 heteroatoms. The third kappa shape index (κ3) is 4.04. The molecular formula is C16H22FNO2. The fraction of sp³-hybridized carbons (Fsp3) is 0.562. The van der Waals surface area contributed by atoms with Crippen LogP contribution in [-0.2, 0) is 16.1 Å². The van der Waals surface area contributed by atoms with Crippen LogP contribution in [-0.4, -0.2) is 18.6 Å². The molecule has 1 aromatic carbocycles. The molecule has 1 aromatic rings. The standard InChI is InChI=1S/C16H22FNO2/c1-2-20-16(19)12-7-9-14(10-8-12)18-11-13-5-3-4-6-15(13)17/h3-6,12,14,18H,2,7-11H2,1H3. The van der Waals surface area contributed by atoms with E-state index in [0.29, 0.717) is 24.8 Å². The Balaban J connectivity index is 1.75. The number of nitrogens with one attached hydrogen (secondary N) is 1. The van der Waals surface area contributed by atoms with Gasteiger partial charge in [-0.3, -0.25) is 4.79 Å². The summed E-state index contributed by atoms with van der Waals surface area (Å²) < 4.78 is 18.5. The second kappa shape index (κ2) is 7.39. The van der Waals surface area contributed by atoms with E-state index in [0.717, 1.165) is 25.7 Å². The van der Waals surface area contributed by atoms with Gasteiger partial charge < -0.3 is 10.1 Å². The highest BCUT2D eigenvalue weighted by atomic mass is 19.1. The lowest BCUT2D eigenvalue weighted by atomic mass is 9.86. The highest BCUT2D eigenvalue weighted by Crippen LogP contribution is 2.25. The lowest BCUT2D eigenvalue weighted by Gasteiger charge is -2.28. The van der Waals surface area contributed by atoms with E-state index in [9.17, 15) is 9.18 Å². The normalized spacial score (nSPS) is 22.5. The molecule has 0 amide bonds. The Morgan fingerprint density at radius 1 is 1.30 bits per heavy atom. The van der Waals surface area contributed by atoms with E-state index in [1.54, 1.807) is 12.1 Å². The molecule has 0 atom stereocenters. The maximum atomic E-state index is 13.5. The Labute approximate surface area is 119 Å². The second-order valence-electron chi connectivity index (χ2n) is 5.27. The summed E-state index contributed by atoms with van der Waals surface area (Å²) in [5.74, 6) is -0.193. The number of carbonyl (C=O) groups is 1. The van der Waals surface area contributed by atoms with Gasteiger partial charge >= 0.3 is 5.97 Å². The lowest BCUT2D eigenvalue weighted by molar-refractivity contribution is -0.149. The van der Waals surface area contributed by atoms with Crippen molar-refractivity contribution in [3.05, 3.63) is 35.6 Å². The highest BCUT2D eigenvalue weighted by molar-refractivity contribution is 5.72. The minimum absolute atomic E-state index is 0.0430. The SMILES string of the molecule is CCOC(=O)C1CCC(NCc2ccccc2F)CC1. The molecule has 0 saturated heterocycles. The Morgan fingerprint density at radius 3 is 2.65 bits per heavy atom. The molecule has 0 heterocycles. The summed E-state index contributed by atoms with van der Waals surface area (Å²) in [5.41, 5.74) is 0.694. The summed E-state index contributed by atoms with van der Waals surface area (Å²) in [6.45, 7) is 2.82. The predicted molar refractivity (Wildman–Crippen MR) is 75.6 cm³/mol. The maximum absolute atomic E-state index is 13.5. The van der Waals surface area contributed by atoms with Crippen molar-refractivity contribution in [2.24, 2.45) is 5.92 Å². The highest BCUT2D eigenvalue weighted by Gasteiger charge is 2.26. The van der Waals surface area contributed by atoms with Crippen molar-refractivity contribution in [3.8, 4) is 0 Å². The zero-order valence-electron chi connectivity index (χ0n) is 11.9. The average Bonchev–Trinajstić information content (AvgIpc) is 2.47. The topological polar surface area (TPSA) is 38.3 Å². The molecule has 110 valence electrons. The third-order valence-corrected chi connectivity index (χ3v) is 3.89. The quantitative estimate of drug-likeness (QED) is 0.842. The van der Waals surface area contributed by atoms with Crippen molar-refractivity contribution in [2.45, 2.75) is 45.2 Å². The Hall–Kier alpha value is -1.42. The molecule has 0 aliphatic heterocycles. The summed E-state index contributed by atoms with van der Waals surface area (Å²) in [6.07, 6.45) is 3.59. The van der Waals surface area contributed by atoms with E-state index in [2.05, 4.69) is 5.32 Å². The van der Waals surface area contributed by atoms with Gasteiger partial charge in [0.25, 0.3) is 0 Å². The summed E-state index contributed by atoms with van der Waals surface area (Å²) in [4.78, 5) is 11.6. The van der Waals surface area contributed by atoms with Gasteiger partial charge in [-0.2, -0.15) is 0 Å². The van der Waals surface area contributed by atoms with Gasteiger partial charge in [0.05, 0.1) is 12.5 Å². The van der Waals surface area contributed by atoms with Crippen LogP contribution >= 0.6 is 0 Å². The van der Waals surface area contributed by atoms with Crippen LogP contribution in [0, 0.1) is 11.7 Å². The Kier molecular flexibility index (Phi) is 5.53. The molecule has 1 fully saturated rings. The van der Waals surface area contributed by atoms with Gasteiger partial charge in [-0.25, -0.2) is 4.39 Å². The van der Waals surface area contributed by atoms with Crippen LogP contribution < -0.4 is 5.32 Å². The largest absolute Gasteiger partial charge is 0.466 e. The van der Waals surface area contributed by atoms with E-state index in [-0.39, 0.29) is 17.7 Å². The van der Waals surface area contributed by atoms with Gasteiger partial charge in [0.15, 0.2) is 0 Å². The molecule has 3 nitrogen and oxygen atoms in total. The first-order valence-electron chi connectivity index (χ1n) is 7.34. The summed E-state index contributed by atoms with van der Waals surface area (Å²) >= 11 is 0. The monoisotopic (exact) mass is 279 g/mol. The van der Waals surface area contributed by atoms with E-state index >= 15 is 0 Å². The first kappa shape index (κ1) is 15.0. The number of halogens is 1. The smallest absolute Gasteiger partial charge is 0.308 e. The number of rotatable bonds is 5. The van der Waals surface area contributed by atoms with Crippen LogP contribution in [0.15, 0.2) is 24.3 Å². The van der Waals surface area contributed by atoms with E-state index in [4.69, 9.17) is 4.74 Å². The molecule has 2 rings (SSSR count).